The molecule has 1 aromatic rings. The Morgan fingerprint density at radius 2 is 1.87 bits per heavy atom. The van der Waals surface area contributed by atoms with Crippen molar-refractivity contribution in [3.05, 3.63) is 34.6 Å². The van der Waals surface area contributed by atoms with Crippen LogP contribution in [-0.2, 0) is 12.8 Å². The zero-order chi connectivity index (χ0) is 10.8. The van der Waals surface area contributed by atoms with Gasteiger partial charge in [-0.25, -0.2) is 4.39 Å². The van der Waals surface area contributed by atoms with Crippen molar-refractivity contribution in [2.24, 2.45) is 5.73 Å². The summed E-state index contributed by atoms with van der Waals surface area (Å²) >= 11 is 0. The molecule has 0 saturated carbocycles. The first-order chi connectivity index (χ1) is 7.22. The Kier molecular flexibility index (Phi) is 2.82. The van der Waals surface area contributed by atoms with Gasteiger partial charge in [-0.15, -0.1) is 0 Å². The minimum Gasteiger partial charge on any atom is -0.324 e. The van der Waals surface area contributed by atoms with E-state index in [4.69, 9.17) is 5.73 Å². The van der Waals surface area contributed by atoms with Crippen LogP contribution >= 0.6 is 0 Å². The van der Waals surface area contributed by atoms with Crippen LogP contribution in [0, 0.1) is 5.82 Å². The predicted octanol–water partition coefficient (Wildman–Crippen LogP) is 1.85. The summed E-state index contributed by atoms with van der Waals surface area (Å²) in [6, 6.07) is 3.18. The molecule has 15 heavy (non-hydrogen) atoms. The number of nitrogens with two attached hydrogens (primary N) is 1. The number of Topliss-reactive ketones (excluding diaryl/α,β-unsaturated/α-hetero) is 1. The van der Waals surface area contributed by atoms with Crippen LogP contribution < -0.4 is 5.73 Å². The number of carbonyl (C=O) groups is 1. The highest BCUT2D eigenvalue weighted by atomic mass is 19.1. The minimum absolute atomic E-state index is 0.129. The molecule has 0 radical (unpaired) electrons. The van der Waals surface area contributed by atoms with Gasteiger partial charge in [-0.05, 0) is 48.9 Å². The molecule has 2 nitrogen and oxygen atoms in total. The number of benzene rings is 1. The number of carbonyl (C=O) groups excluding carboxylic acids is 1. The van der Waals surface area contributed by atoms with Crippen LogP contribution in [0.15, 0.2) is 12.1 Å². The average Bonchev–Trinajstić information content (AvgIpc) is 2.27. The predicted molar refractivity (Wildman–Crippen MR) is 56.4 cm³/mol. The van der Waals surface area contributed by atoms with Crippen molar-refractivity contribution < 1.29 is 9.18 Å². The number of halogens is 1. The van der Waals surface area contributed by atoms with Gasteiger partial charge in [0.2, 0.25) is 0 Å². The second-order valence-electron chi connectivity index (χ2n) is 3.94. The van der Waals surface area contributed by atoms with E-state index in [2.05, 4.69) is 0 Å². The second-order valence-corrected chi connectivity index (χ2v) is 3.94. The van der Waals surface area contributed by atoms with E-state index in [9.17, 15) is 9.18 Å². The van der Waals surface area contributed by atoms with Crippen LogP contribution in [0.25, 0.3) is 0 Å². The van der Waals surface area contributed by atoms with Gasteiger partial charge in [-0.1, -0.05) is 0 Å². The third-order valence-corrected chi connectivity index (χ3v) is 2.92. The van der Waals surface area contributed by atoms with Gasteiger partial charge in [0.15, 0.2) is 5.78 Å². The highest BCUT2D eigenvalue weighted by molar-refractivity contribution is 5.98. The maximum atomic E-state index is 13.5. The topological polar surface area (TPSA) is 43.1 Å². The molecule has 0 fully saturated rings. The third kappa shape index (κ3) is 1.92. The number of hydrogen-bond acceptors (Lipinski definition) is 2. The Balaban J connectivity index is 2.44. The first-order valence-corrected chi connectivity index (χ1v) is 5.27. The number of ketones is 1. The standard InChI is InChI=1S/C12H14FNO/c13-11-6-9-4-2-1-3-8(9)5-10(11)12(15)7-14/h5-6H,1-4,7,14H2. The van der Waals surface area contributed by atoms with E-state index in [1.165, 1.54) is 6.07 Å². The molecule has 0 aliphatic heterocycles. The molecule has 0 aromatic heterocycles. The van der Waals surface area contributed by atoms with E-state index < -0.39 is 5.82 Å². The average molecular weight is 207 g/mol. The van der Waals surface area contributed by atoms with E-state index in [1.54, 1.807) is 6.07 Å². The van der Waals surface area contributed by atoms with Gasteiger partial charge in [0.1, 0.15) is 5.82 Å². The number of rotatable bonds is 2. The van der Waals surface area contributed by atoms with Crippen LogP contribution in [0.5, 0.6) is 0 Å². The van der Waals surface area contributed by atoms with E-state index in [0.717, 1.165) is 36.8 Å². The number of fused-ring (bicyclic) bond motifs is 1. The van der Waals surface area contributed by atoms with Gasteiger partial charge >= 0.3 is 0 Å². The summed E-state index contributed by atoms with van der Waals surface area (Å²) in [5.41, 5.74) is 7.54. The maximum Gasteiger partial charge on any atom is 0.179 e. The highest BCUT2D eigenvalue weighted by Gasteiger charge is 2.16. The van der Waals surface area contributed by atoms with Gasteiger partial charge < -0.3 is 5.73 Å². The molecule has 0 bridgehead atoms. The summed E-state index contributed by atoms with van der Waals surface area (Å²) < 4.78 is 13.5. The fourth-order valence-electron chi connectivity index (χ4n) is 2.08. The Labute approximate surface area is 88.3 Å². The smallest absolute Gasteiger partial charge is 0.179 e. The fourth-order valence-corrected chi connectivity index (χ4v) is 2.08. The highest BCUT2D eigenvalue weighted by Crippen LogP contribution is 2.24. The van der Waals surface area contributed by atoms with Crippen molar-refractivity contribution >= 4 is 5.78 Å². The van der Waals surface area contributed by atoms with Crippen LogP contribution in [0.4, 0.5) is 4.39 Å². The molecule has 0 saturated heterocycles. The van der Waals surface area contributed by atoms with E-state index in [-0.39, 0.29) is 17.9 Å². The fraction of sp³-hybridized carbons (Fsp3) is 0.417. The molecule has 0 heterocycles. The molecular weight excluding hydrogens is 193 g/mol. The van der Waals surface area contributed by atoms with Gasteiger partial charge in [0, 0.05) is 0 Å². The summed E-state index contributed by atoms with van der Waals surface area (Å²) in [5.74, 6) is -0.744. The van der Waals surface area contributed by atoms with E-state index >= 15 is 0 Å². The lowest BCUT2D eigenvalue weighted by molar-refractivity contribution is 0.0997. The molecule has 3 heteroatoms. The van der Waals surface area contributed by atoms with Crippen LogP contribution in [0.1, 0.15) is 34.3 Å². The number of aryl methyl sites for hydroxylation is 2. The van der Waals surface area contributed by atoms with Gasteiger partial charge in [0.05, 0.1) is 12.1 Å². The normalized spacial score (nSPS) is 14.8. The van der Waals surface area contributed by atoms with Gasteiger partial charge in [-0.2, -0.15) is 0 Å². The van der Waals surface area contributed by atoms with Crippen molar-refractivity contribution in [2.75, 3.05) is 6.54 Å². The minimum atomic E-state index is -0.425. The number of hydrogen-bond donors (Lipinski definition) is 1. The molecular formula is C12H14FNO. The third-order valence-electron chi connectivity index (χ3n) is 2.92. The molecule has 1 aromatic carbocycles. The Morgan fingerprint density at radius 1 is 1.27 bits per heavy atom. The summed E-state index contributed by atoms with van der Waals surface area (Å²) in [7, 11) is 0. The molecule has 0 atom stereocenters. The molecule has 1 aliphatic rings. The van der Waals surface area contributed by atoms with E-state index in [0.29, 0.717) is 0 Å². The summed E-state index contributed by atoms with van der Waals surface area (Å²) in [6.07, 6.45) is 4.09. The summed E-state index contributed by atoms with van der Waals surface area (Å²) in [4.78, 5) is 11.4. The van der Waals surface area contributed by atoms with Crippen LogP contribution in [0.2, 0.25) is 0 Å². The quantitative estimate of drug-likeness (QED) is 0.752. The van der Waals surface area contributed by atoms with Crippen molar-refractivity contribution in [3.63, 3.8) is 0 Å². The van der Waals surface area contributed by atoms with Crippen LogP contribution in [-0.4, -0.2) is 12.3 Å². The zero-order valence-corrected chi connectivity index (χ0v) is 8.55. The SMILES string of the molecule is NCC(=O)c1cc2c(cc1F)CCCC2. The monoisotopic (exact) mass is 207 g/mol. The molecule has 0 unspecified atom stereocenters. The lowest BCUT2D eigenvalue weighted by Crippen LogP contribution is -2.16. The molecule has 80 valence electrons. The van der Waals surface area contributed by atoms with Crippen molar-refractivity contribution in [3.8, 4) is 0 Å². The van der Waals surface area contributed by atoms with E-state index in [1.807, 2.05) is 0 Å². The molecule has 0 amide bonds. The van der Waals surface area contributed by atoms with Gasteiger partial charge in [-0.3, -0.25) is 4.79 Å². The first kappa shape index (κ1) is 10.3. The lowest BCUT2D eigenvalue weighted by atomic mass is 9.89. The summed E-state index contributed by atoms with van der Waals surface area (Å²) in [5, 5.41) is 0. The Hall–Kier alpha value is -1.22. The van der Waals surface area contributed by atoms with Gasteiger partial charge in [0.25, 0.3) is 0 Å². The van der Waals surface area contributed by atoms with Crippen molar-refractivity contribution in [1.29, 1.82) is 0 Å². The Bertz CT molecular complexity index is 401. The maximum absolute atomic E-state index is 13.5. The second kappa shape index (κ2) is 4.11. The van der Waals surface area contributed by atoms with Crippen molar-refractivity contribution in [1.82, 2.24) is 0 Å². The zero-order valence-electron chi connectivity index (χ0n) is 8.55. The largest absolute Gasteiger partial charge is 0.324 e. The Morgan fingerprint density at radius 3 is 2.47 bits per heavy atom. The van der Waals surface area contributed by atoms with Crippen molar-refractivity contribution in [2.45, 2.75) is 25.7 Å². The molecule has 0 spiro atoms. The molecule has 2 N–H and O–H groups in total. The molecule has 2 rings (SSSR count). The lowest BCUT2D eigenvalue weighted by Gasteiger charge is -2.16. The summed E-state index contributed by atoms with van der Waals surface area (Å²) in [6.45, 7) is -0.129. The first-order valence-electron chi connectivity index (χ1n) is 5.27. The van der Waals surface area contributed by atoms with Crippen LogP contribution in [0.3, 0.4) is 0 Å². The molecule has 1 aliphatic carbocycles.